The van der Waals surface area contributed by atoms with Crippen LogP contribution in [0.2, 0.25) is 0 Å². The van der Waals surface area contributed by atoms with Crippen LogP contribution in [-0.2, 0) is 65.4 Å². The van der Waals surface area contributed by atoms with Crippen molar-refractivity contribution in [3.05, 3.63) is 0 Å². The lowest BCUT2D eigenvalue weighted by Gasteiger charge is -2.21. The number of phosphoric acid groups is 2. The Kier molecular flexibility index (Phi) is 65.9. The van der Waals surface area contributed by atoms with E-state index in [4.69, 9.17) is 37.0 Å². The highest BCUT2D eigenvalue weighted by atomic mass is 31.2. The Morgan fingerprint density at radius 3 is 0.732 bits per heavy atom. The monoisotopic (exact) mass is 1420 g/mol. The molecule has 7 atom stereocenters. The van der Waals surface area contributed by atoms with Gasteiger partial charge in [0.1, 0.15) is 19.3 Å². The smallest absolute Gasteiger partial charge is 0.462 e. The molecule has 576 valence electrons. The standard InChI is InChI=1S/C78H152O17P2/c1-9-70(7)56-48-40-32-28-29-35-45-53-61-78(83)95-73(64-88-75(80)58-50-42-33-26-22-19-15-17-21-25-31-39-47-55-69(5)6)66-92-96(84,85)90-62-72(79)63-91-97(86,87)93-67-74(65-89-76(81)59-51-43-37-36-41-49-57-71(8)10-2)94-77(82)60-52-44-34-27-23-18-14-12-11-13-16-20-24-30-38-46-54-68(3)4/h68-74,79H,9-67H2,1-8H3,(H,84,85)(H,86,87)/t70?,71?,72-,73-,74-/m1/s1. The maximum atomic E-state index is 13.1. The summed E-state index contributed by atoms with van der Waals surface area (Å²) in [5.74, 6) is 0.980. The van der Waals surface area contributed by atoms with Gasteiger partial charge in [-0.05, 0) is 49.4 Å². The van der Waals surface area contributed by atoms with Crippen molar-refractivity contribution in [2.24, 2.45) is 23.7 Å². The van der Waals surface area contributed by atoms with Gasteiger partial charge in [-0.1, -0.05) is 344 Å². The molecule has 0 aliphatic heterocycles. The molecule has 3 N–H and O–H groups in total. The highest BCUT2D eigenvalue weighted by Crippen LogP contribution is 2.45. The number of rotatable bonds is 75. The first-order chi connectivity index (χ1) is 46.7. The summed E-state index contributed by atoms with van der Waals surface area (Å²) in [6.45, 7) is 14.2. The van der Waals surface area contributed by atoms with Gasteiger partial charge in [0.25, 0.3) is 0 Å². The van der Waals surface area contributed by atoms with E-state index in [1.54, 1.807) is 0 Å². The Morgan fingerprint density at radius 2 is 0.495 bits per heavy atom. The molecule has 4 unspecified atom stereocenters. The third-order valence-corrected chi connectivity index (χ3v) is 20.7. The predicted molar refractivity (Wildman–Crippen MR) is 395 cm³/mol. The number of carbonyl (C=O) groups excluding carboxylic acids is 4. The maximum absolute atomic E-state index is 13.1. The number of hydrogen-bond donors (Lipinski definition) is 3. The van der Waals surface area contributed by atoms with Crippen molar-refractivity contribution in [3.8, 4) is 0 Å². The van der Waals surface area contributed by atoms with Crippen molar-refractivity contribution < 1.29 is 80.2 Å². The third kappa shape index (κ3) is 69.5. The largest absolute Gasteiger partial charge is 0.472 e. The molecule has 0 spiro atoms. The lowest BCUT2D eigenvalue weighted by Crippen LogP contribution is -2.30. The normalized spacial score (nSPS) is 14.6. The molecule has 0 radical (unpaired) electrons. The number of esters is 4. The molecule has 0 heterocycles. The Balaban J connectivity index is 5.22. The van der Waals surface area contributed by atoms with Gasteiger partial charge in [-0.25, -0.2) is 9.13 Å². The minimum absolute atomic E-state index is 0.105. The van der Waals surface area contributed by atoms with Gasteiger partial charge in [0.15, 0.2) is 12.2 Å². The van der Waals surface area contributed by atoms with Gasteiger partial charge in [0.05, 0.1) is 26.4 Å². The first-order valence-electron chi connectivity index (χ1n) is 40.3. The first kappa shape index (κ1) is 95.1. The van der Waals surface area contributed by atoms with E-state index < -0.39 is 97.5 Å². The first-order valence-corrected chi connectivity index (χ1v) is 43.3. The van der Waals surface area contributed by atoms with Crippen LogP contribution in [0.5, 0.6) is 0 Å². The van der Waals surface area contributed by atoms with Crippen LogP contribution in [0.15, 0.2) is 0 Å². The number of aliphatic hydroxyl groups is 1. The molecular formula is C78H152O17P2. The predicted octanol–water partition coefficient (Wildman–Crippen LogP) is 22.8. The average molecular weight is 1420 g/mol. The van der Waals surface area contributed by atoms with Crippen molar-refractivity contribution >= 4 is 39.5 Å². The van der Waals surface area contributed by atoms with Crippen LogP contribution in [0.1, 0.15) is 396 Å². The van der Waals surface area contributed by atoms with Gasteiger partial charge in [0, 0.05) is 25.7 Å². The van der Waals surface area contributed by atoms with Crippen molar-refractivity contribution in [1.29, 1.82) is 0 Å². The van der Waals surface area contributed by atoms with E-state index in [2.05, 4.69) is 55.4 Å². The fourth-order valence-electron chi connectivity index (χ4n) is 11.8. The zero-order valence-electron chi connectivity index (χ0n) is 63.7. The van der Waals surface area contributed by atoms with Gasteiger partial charge >= 0.3 is 39.5 Å². The molecule has 0 aliphatic carbocycles. The van der Waals surface area contributed by atoms with E-state index in [0.717, 1.165) is 120 Å². The molecule has 0 aromatic carbocycles. The minimum Gasteiger partial charge on any atom is -0.462 e. The van der Waals surface area contributed by atoms with E-state index in [-0.39, 0.29) is 25.7 Å². The van der Waals surface area contributed by atoms with E-state index in [0.29, 0.717) is 25.7 Å². The topological polar surface area (TPSA) is 237 Å². The summed E-state index contributed by atoms with van der Waals surface area (Å²) < 4.78 is 68.6. The third-order valence-electron chi connectivity index (χ3n) is 18.8. The van der Waals surface area contributed by atoms with E-state index in [1.165, 1.54) is 193 Å². The van der Waals surface area contributed by atoms with E-state index in [9.17, 15) is 43.2 Å². The Labute approximate surface area is 594 Å². The second-order valence-corrected chi connectivity index (χ2v) is 32.4. The molecule has 0 amide bonds. The minimum atomic E-state index is -4.96. The summed E-state index contributed by atoms with van der Waals surface area (Å²) in [4.78, 5) is 72.9. The van der Waals surface area contributed by atoms with Gasteiger partial charge in [-0.2, -0.15) is 0 Å². The Morgan fingerprint density at radius 1 is 0.289 bits per heavy atom. The molecule has 0 bridgehead atoms. The van der Waals surface area contributed by atoms with Gasteiger partial charge < -0.3 is 33.8 Å². The van der Waals surface area contributed by atoms with Crippen molar-refractivity contribution in [2.75, 3.05) is 39.6 Å². The molecule has 0 saturated heterocycles. The van der Waals surface area contributed by atoms with Crippen LogP contribution in [-0.4, -0.2) is 96.7 Å². The molecule has 17 nitrogen and oxygen atoms in total. The van der Waals surface area contributed by atoms with Crippen LogP contribution < -0.4 is 0 Å². The number of ether oxygens (including phenoxy) is 4. The fourth-order valence-corrected chi connectivity index (χ4v) is 13.4. The molecule has 0 aromatic rings. The van der Waals surface area contributed by atoms with Crippen molar-refractivity contribution in [1.82, 2.24) is 0 Å². The number of carbonyl (C=O) groups is 4. The molecule has 0 aliphatic rings. The summed E-state index contributed by atoms with van der Waals surface area (Å²) in [6.07, 6.45) is 52.7. The number of aliphatic hydroxyl groups excluding tert-OH is 1. The van der Waals surface area contributed by atoms with Crippen molar-refractivity contribution in [2.45, 2.75) is 414 Å². The van der Waals surface area contributed by atoms with E-state index in [1.807, 2.05) is 0 Å². The summed E-state index contributed by atoms with van der Waals surface area (Å²) in [7, 11) is -9.92. The summed E-state index contributed by atoms with van der Waals surface area (Å²) in [5, 5.41) is 10.6. The zero-order valence-corrected chi connectivity index (χ0v) is 65.5. The summed E-state index contributed by atoms with van der Waals surface area (Å²) >= 11 is 0. The zero-order chi connectivity index (χ0) is 71.7. The number of hydrogen-bond acceptors (Lipinski definition) is 15. The van der Waals surface area contributed by atoms with Gasteiger partial charge in [-0.15, -0.1) is 0 Å². The fraction of sp³-hybridized carbons (Fsp3) is 0.949. The maximum Gasteiger partial charge on any atom is 0.472 e. The van der Waals surface area contributed by atoms with E-state index >= 15 is 0 Å². The SMILES string of the molecule is CCC(C)CCCCCCCCCCC(=O)O[C@H](COC(=O)CCCCCCCCCCCCCCCC(C)C)COP(=O)(O)OC[C@@H](O)COP(=O)(O)OC[C@@H](COC(=O)CCCCCCCCC(C)CC)OC(=O)CCCCCCCCCCCCCCCCCCC(C)C. The summed E-state index contributed by atoms with van der Waals surface area (Å²) in [6, 6.07) is 0. The van der Waals surface area contributed by atoms with Crippen LogP contribution in [0.25, 0.3) is 0 Å². The molecule has 0 saturated carbocycles. The molecule has 0 fully saturated rings. The van der Waals surface area contributed by atoms with Crippen LogP contribution in [0, 0.1) is 23.7 Å². The molecule has 0 aromatic heterocycles. The lowest BCUT2D eigenvalue weighted by atomic mass is 9.99. The molecular weight excluding hydrogens is 1270 g/mol. The summed E-state index contributed by atoms with van der Waals surface area (Å²) in [5.41, 5.74) is 0. The van der Waals surface area contributed by atoms with Crippen LogP contribution in [0.4, 0.5) is 0 Å². The Bertz CT molecular complexity index is 1910. The Hall–Kier alpha value is -1.94. The highest BCUT2D eigenvalue weighted by molar-refractivity contribution is 7.47. The lowest BCUT2D eigenvalue weighted by molar-refractivity contribution is -0.161. The van der Waals surface area contributed by atoms with Crippen LogP contribution in [0.3, 0.4) is 0 Å². The van der Waals surface area contributed by atoms with Crippen molar-refractivity contribution in [3.63, 3.8) is 0 Å². The number of phosphoric ester groups is 2. The highest BCUT2D eigenvalue weighted by Gasteiger charge is 2.30. The van der Waals surface area contributed by atoms with Gasteiger partial charge in [-0.3, -0.25) is 37.3 Å². The second-order valence-electron chi connectivity index (χ2n) is 29.5. The molecule has 0 rings (SSSR count). The second kappa shape index (κ2) is 67.2. The van der Waals surface area contributed by atoms with Gasteiger partial charge in [0.2, 0.25) is 0 Å². The number of unbranched alkanes of at least 4 members (excludes halogenated alkanes) is 39. The molecule has 19 heteroatoms. The molecule has 97 heavy (non-hydrogen) atoms. The average Bonchev–Trinajstić information content (AvgIpc) is 3.75. The quantitative estimate of drug-likeness (QED) is 0.0222. The van der Waals surface area contributed by atoms with Crippen LogP contribution >= 0.6 is 15.6 Å².